The van der Waals surface area contributed by atoms with Crippen LogP contribution in [0.3, 0.4) is 0 Å². The highest BCUT2D eigenvalue weighted by Crippen LogP contribution is 2.45. The molecule has 0 aromatic heterocycles. The zero-order chi connectivity index (χ0) is 99.3. The van der Waals surface area contributed by atoms with Crippen molar-refractivity contribution in [3.05, 3.63) is 536 Å². The van der Waals surface area contributed by atoms with Crippen molar-refractivity contribution in [1.82, 2.24) is 0 Å². The van der Waals surface area contributed by atoms with E-state index in [0.717, 1.165) is 61.9 Å². The predicted molar refractivity (Wildman–Crippen MR) is 557 cm³/mol. The summed E-state index contributed by atoms with van der Waals surface area (Å²) in [7, 11) is 0. The standard InChI is InChI=1S/C23H25N.5C20H17F2N/c1-16-6-10-21(11-7-16)24(22-12-8-17(2)14-19(22)4)23-13-9-18(3)15-20(23)5;1-14-8-11-17(12-9-14)23(16-6-4-3-5-7-16)18-13-10-15(2)19(21)20(18)22;1-14-8-11-20(19(22)12-14)23(16-6-4-3-5-7-16)17-10-9-15(2)18(21)13-17;1-14-8-10-17(12-19(14)21)23(16-6-4-3-5-7-16)18-11-9-15(2)20(22)13-18;1-14-8-10-19(17(21)12-14)23(16-6-4-3-5-7-16)20-11-9-15(2)13-18(20)22;1-14-8-10-17(11-9-14)23(16-6-4-3-5-7-16)18-12-19(21)15(2)20(22)13-18/h6-15H,1-5H3;5*3-13H,1-2H3. The van der Waals surface area contributed by atoms with Crippen molar-refractivity contribution in [1.29, 1.82) is 0 Å². The molecule has 0 spiro atoms. The number of rotatable bonds is 18. The highest BCUT2D eigenvalue weighted by Gasteiger charge is 2.26. The van der Waals surface area contributed by atoms with E-state index in [1.165, 1.54) is 100 Å². The summed E-state index contributed by atoms with van der Waals surface area (Å²) < 4.78 is 142. The second-order valence-corrected chi connectivity index (χ2v) is 34.5. The van der Waals surface area contributed by atoms with Gasteiger partial charge in [0.1, 0.15) is 46.5 Å². The highest BCUT2D eigenvalue weighted by molar-refractivity contribution is 5.84. The molecule has 0 unspecified atom stereocenters. The van der Waals surface area contributed by atoms with Crippen LogP contribution in [0.1, 0.15) is 83.5 Å². The van der Waals surface area contributed by atoms with Crippen molar-refractivity contribution >= 4 is 102 Å². The molecule has 139 heavy (non-hydrogen) atoms. The molecule has 0 fully saturated rings. The Balaban J connectivity index is 0.000000141. The topological polar surface area (TPSA) is 19.4 Å². The van der Waals surface area contributed by atoms with Crippen molar-refractivity contribution in [2.24, 2.45) is 0 Å². The van der Waals surface area contributed by atoms with Crippen LogP contribution < -0.4 is 29.4 Å². The van der Waals surface area contributed by atoms with Gasteiger partial charge in [-0.1, -0.05) is 222 Å². The van der Waals surface area contributed by atoms with E-state index >= 15 is 0 Å². The van der Waals surface area contributed by atoms with E-state index in [2.05, 4.69) is 100 Å². The van der Waals surface area contributed by atoms with Crippen molar-refractivity contribution in [3.63, 3.8) is 0 Å². The SMILES string of the molecule is Cc1ccc(N(c2ccc(C)cc2C)c2ccc(C)cc2C)cc1.Cc1ccc(N(c2ccccc2)c2cc(F)c(C)c(F)c2)cc1.Cc1ccc(N(c2ccccc2)c2ccc(C)c(F)c2)c(F)c1.Cc1ccc(N(c2ccccc2)c2ccc(C)c(F)c2)cc1F.Cc1ccc(N(c2ccccc2)c2ccc(C)c(F)c2F)cc1.Cc1ccc(N(c2ccccc2)c2ccc(C)cc2F)c(F)c1. The van der Waals surface area contributed by atoms with Gasteiger partial charge in [0.15, 0.2) is 11.6 Å². The van der Waals surface area contributed by atoms with Crippen molar-refractivity contribution in [3.8, 4) is 0 Å². The average molecular weight is 1860 g/mol. The maximum Gasteiger partial charge on any atom is 0.183 e. The molecule has 6 nitrogen and oxygen atoms in total. The molecule has 0 aliphatic heterocycles. The van der Waals surface area contributed by atoms with Crippen molar-refractivity contribution in [2.45, 2.75) is 104 Å². The van der Waals surface area contributed by atoms with Gasteiger partial charge in [0.05, 0.1) is 28.4 Å². The number of halogens is 10. The Hall–Kier alpha value is -15.9. The minimum Gasteiger partial charge on any atom is -0.310 e. The van der Waals surface area contributed by atoms with Gasteiger partial charge in [-0.2, -0.15) is 0 Å². The molecular formula is C123H110F10N6. The number of nitrogens with zero attached hydrogens (tertiary/aromatic N) is 6. The van der Waals surface area contributed by atoms with Crippen LogP contribution in [0.5, 0.6) is 0 Å². The molecule has 18 aromatic rings. The molecule has 0 atom stereocenters. The molecule has 0 saturated carbocycles. The Morgan fingerprint density at radius 3 is 0.662 bits per heavy atom. The molecule has 0 saturated heterocycles. The maximum absolute atomic E-state index is 14.5. The Morgan fingerprint density at radius 1 is 0.129 bits per heavy atom. The van der Waals surface area contributed by atoms with Gasteiger partial charge in [-0.15, -0.1) is 0 Å². The van der Waals surface area contributed by atoms with Gasteiger partial charge < -0.3 is 29.4 Å². The summed E-state index contributed by atoms with van der Waals surface area (Å²) in [5.74, 6) is -4.72. The number of benzene rings is 18. The highest BCUT2D eigenvalue weighted by atomic mass is 19.2. The van der Waals surface area contributed by atoms with Crippen molar-refractivity contribution < 1.29 is 43.9 Å². The smallest absolute Gasteiger partial charge is 0.183 e. The van der Waals surface area contributed by atoms with E-state index in [0.29, 0.717) is 67.8 Å². The fourth-order valence-corrected chi connectivity index (χ4v) is 15.8. The van der Waals surface area contributed by atoms with E-state index in [-0.39, 0.29) is 46.2 Å². The zero-order valence-corrected chi connectivity index (χ0v) is 80.5. The quantitative estimate of drug-likeness (QED) is 0.0792. The Morgan fingerprint density at radius 2 is 0.345 bits per heavy atom. The maximum atomic E-state index is 14.5. The number of hydrogen-bond acceptors (Lipinski definition) is 6. The molecule has 0 N–H and O–H groups in total. The molecule has 0 bridgehead atoms. The van der Waals surface area contributed by atoms with E-state index in [1.54, 1.807) is 97.0 Å². The molecule has 16 heteroatoms. The second kappa shape index (κ2) is 46.5. The molecule has 0 heterocycles. The summed E-state index contributed by atoms with van der Waals surface area (Å²) >= 11 is 0. The lowest BCUT2D eigenvalue weighted by molar-refractivity contribution is 0.504. The first-order valence-corrected chi connectivity index (χ1v) is 45.7. The first-order valence-electron chi connectivity index (χ1n) is 45.7. The number of hydrogen-bond donors (Lipinski definition) is 0. The third-order valence-electron chi connectivity index (χ3n) is 23.4. The average Bonchev–Trinajstić information content (AvgIpc) is 0.669. The lowest BCUT2D eigenvalue weighted by Crippen LogP contribution is -2.13. The molecule has 0 aliphatic rings. The minimum absolute atomic E-state index is 0.0330. The van der Waals surface area contributed by atoms with Gasteiger partial charge in [-0.05, 0) is 354 Å². The van der Waals surface area contributed by atoms with E-state index < -0.39 is 23.3 Å². The molecule has 0 radical (unpaired) electrons. The summed E-state index contributed by atoms with van der Waals surface area (Å²) in [6.45, 7) is 28.4. The van der Waals surface area contributed by atoms with E-state index in [4.69, 9.17) is 0 Å². The zero-order valence-electron chi connectivity index (χ0n) is 80.5. The largest absolute Gasteiger partial charge is 0.310 e. The van der Waals surface area contributed by atoms with Gasteiger partial charge in [0, 0.05) is 79.5 Å². The number of para-hydroxylation sites is 5. The van der Waals surface area contributed by atoms with Crippen LogP contribution in [-0.2, 0) is 0 Å². The summed E-state index contributed by atoms with van der Waals surface area (Å²) in [6.07, 6.45) is 0. The van der Waals surface area contributed by atoms with Crippen LogP contribution in [0.25, 0.3) is 0 Å². The molecule has 0 aliphatic carbocycles. The van der Waals surface area contributed by atoms with Crippen LogP contribution in [0.4, 0.5) is 146 Å². The van der Waals surface area contributed by atoms with Crippen molar-refractivity contribution in [2.75, 3.05) is 29.4 Å². The summed E-state index contributed by atoms with van der Waals surface area (Å²) in [5.41, 5.74) is 26.0. The third-order valence-corrected chi connectivity index (χ3v) is 23.4. The van der Waals surface area contributed by atoms with Crippen LogP contribution in [-0.4, -0.2) is 0 Å². The Labute approximate surface area is 810 Å². The molecule has 18 aromatic carbocycles. The molecule has 0 amide bonds. The fraction of sp³-hybridized carbons (Fsp3) is 0.122. The Kier molecular flexibility index (Phi) is 33.7. The van der Waals surface area contributed by atoms with Crippen LogP contribution in [0.2, 0.25) is 0 Å². The van der Waals surface area contributed by atoms with Crippen LogP contribution in [0.15, 0.2) is 394 Å². The molecule has 702 valence electrons. The van der Waals surface area contributed by atoms with Gasteiger partial charge in [-0.3, -0.25) is 0 Å². The lowest BCUT2D eigenvalue weighted by atomic mass is 10.0. The summed E-state index contributed by atoms with van der Waals surface area (Å²) in [4.78, 5) is 11.1. The van der Waals surface area contributed by atoms with Gasteiger partial charge >= 0.3 is 0 Å². The monoisotopic (exact) mass is 1860 g/mol. The molecule has 18 rings (SSSR count). The predicted octanol–water partition coefficient (Wildman–Crippen LogP) is 37.0. The van der Waals surface area contributed by atoms with E-state index in [1.807, 2.05) is 275 Å². The first kappa shape index (κ1) is 101. The minimum atomic E-state index is -0.838. The molecular weight excluding hydrogens is 1750 g/mol. The summed E-state index contributed by atoms with van der Waals surface area (Å²) in [5, 5.41) is 0. The first-order chi connectivity index (χ1) is 66.8. The number of aryl methyl sites for hydroxylation is 14. The summed E-state index contributed by atoms with van der Waals surface area (Å²) in [6, 6.07) is 121. The van der Waals surface area contributed by atoms with Crippen LogP contribution in [0, 0.1) is 162 Å². The Bertz CT molecular complexity index is 6940. The van der Waals surface area contributed by atoms with Crippen LogP contribution >= 0.6 is 0 Å². The lowest BCUT2D eigenvalue weighted by Gasteiger charge is -2.29. The van der Waals surface area contributed by atoms with Gasteiger partial charge in [0.25, 0.3) is 0 Å². The van der Waals surface area contributed by atoms with E-state index in [9.17, 15) is 43.9 Å². The van der Waals surface area contributed by atoms with Gasteiger partial charge in [-0.25, -0.2) is 43.9 Å². The third kappa shape index (κ3) is 25.4. The second-order valence-electron chi connectivity index (χ2n) is 34.5. The number of anilines is 18. The normalized spacial score (nSPS) is 10.6. The fourth-order valence-electron chi connectivity index (χ4n) is 15.8. The van der Waals surface area contributed by atoms with Gasteiger partial charge in [0.2, 0.25) is 0 Å².